The van der Waals surface area contributed by atoms with E-state index < -0.39 is 0 Å². The Balaban J connectivity index is 2.32. The van der Waals surface area contributed by atoms with Gasteiger partial charge in [-0.05, 0) is 38.1 Å². The van der Waals surface area contributed by atoms with E-state index in [1.54, 1.807) is 0 Å². The van der Waals surface area contributed by atoms with Crippen molar-refractivity contribution in [1.29, 1.82) is 0 Å². The number of nitrogens with two attached hydrogens (primary N) is 1. The average molecular weight is 312 g/mol. The van der Waals surface area contributed by atoms with Gasteiger partial charge in [-0.1, -0.05) is 55.2 Å². The van der Waals surface area contributed by atoms with Gasteiger partial charge in [0, 0.05) is 17.0 Å². The van der Waals surface area contributed by atoms with Gasteiger partial charge in [0.15, 0.2) is 0 Å². The first-order valence-electron chi connectivity index (χ1n) is 7.27. The molecule has 0 aliphatic heterocycles. The van der Waals surface area contributed by atoms with Crippen LogP contribution in [0.5, 0.6) is 0 Å². The van der Waals surface area contributed by atoms with Crippen LogP contribution in [0.2, 0.25) is 5.02 Å². The van der Waals surface area contributed by atoms with Crippen molar-refractivity contribution in [3.8, 4) is 0 Å². The third-order valence-corrected chi connectivity index (χ3v) is 4.16. The molecule has 21 heavy (non-hydrogen) atoms. The molecular formula is C16H26ClN3O. The first-order valence-corrected chi connectivity index (χ1v) is 7.64. The number of hydrogen-bond donors (Lipinski definition) is 2. The van der Waals surface area contributed by atoms with Gasteiger partial charge in [-0.15, -0.1) is 0 Å². The molecular weight excluding hydrogens is 286 g/mol. The van der Waals surface area contributed by atoms with Crippen molar-refractivity contribution in [3.63, 3.8) is 0 Å². The van der Waals surface area contributed by atoms with Crippen LogP contribution in [0, 0.1) is 5.41 Å². The average Bonchev–Trinajstić information content (AvgIpc) is 2.45. The lowest BCUT2D eigenvalue weighted by atomic mass is 9.86. The summed E-state index contributed by atoms with van der Waals surface area (Å²) >= 11 is 6.16. The van der Waals surface area contributed by atoms with E-state index in [1.807, 2.05) is 32.0 Å². The van der Waals surface area contributed by atoms with Crippen molar-refractivity contribution in [2.75, 3.05) is 13.6 Å². The van der Waals surface area contributed by atoms with Gasteiger partial charge in [0.05, 0.1) is 0 Å². The number of unbranched alkanes of at least 4 members (excludes halogenated alkanes) is 1. The second-order valence-electron chi connectivity index (χ2n) is 6.16. The second kappa shape index (κ2) is 8.25. The van der Waals surface area contributed by atoms with Crippen LogP contribution in [-0.4, -0.2) is 29.5 Å². The highest BCUT2D eigenvalue weighted by Crippen LogP contribution is 2.23. The number of benzene rings is 1. The van der Waals surface area contributed by atoms with Gasteiger partial charge >= 0.3 is 0 Å². The molecule has 0 radical (unpaired) electrons. The second-order valence-corrected chi connectivity index (χ2v) is 6.56. The summed E-state index contributed by atoms with van der Waals surface area (Å²) in [5.41, 5.74) is 6.58. The molecule has 0 spiro atoms. The van der Waals surface area contributed by atoms with Gasteiger partial charge in [0.2, 0.25) is 0 Å². The number of hydrogen-bond acceptors (Lipinski definition) is 3. The van der Waals surface area contributed by atoms with E-state index in [1.165, 1.54) is 0 Å². The summed E-state index contributed by atoms with van der Waals surface area (Å²) in [6.45, 7) is 5.84. The molecule has 0 saturated carbocycles. The fraction of sp³-hybridized carbons (Fsp3) is 0.562. The number of nitrogens with zero attached hydrogens (tertiary/aromatic N) is 2. The monoisotopic (exact) mass is 311 g/mol. The van der Waals surface area contributed by atoms with Crippen LogP contribution in [0.15, 0.2) is 29.4 Å². The van der Waals surface area contributed by atoms with Crippen LogP contribution in [0.4, 0.5) is 0 Å². The van der Waals surface area contributed by atoms with Crippen molar-refractivity contribution in [1.82, 2.24) is 4.90 Å². The van der Waals surface area contributed by atoms with Crippen LogP contribution >= 0.6 is 11.6 Å². The van der Waals surface area contributed by atoms with Gasteiger partial charge in [0.25, 0.3) is 0 Å². The third-order valence-electron chi connectivity index (χ3n) is 3.79. The molecule has 0 saturated heterocycles. The van der Waals surface area contributed by atoms with E-state index in [0.717, 1.165) is 42.9 Å². The highest BCUT2D eigenvalue weighted by Gasteiger charge is 2.22. The predicted octanol–water partition coefficient (Wildman–Crippen LogP) is 3.71. The van der Waals surface area contributed by atoms with Gasteiger partial charge in [-0.2, -0.15) is 0 Å². The molecule has 1 rings (SSSR count). The van der Waals surface area contributed by atoms with Crippen molar-refractivity contribution in [2.45, 2.75) is 39.7 Å². The fourth-order valence-electron chi connectivity index (χ4n) is 2.21. The zero-order valence-corrected chi connectivity index (χ0v) is 13.9. The molecule has 0 aliphatic carbocycles. The Morgan fingerprint density at radius 1 is 1.33 bits per heavy atom. The van der Waals surface area contributed by atoms with Crippen molar-refractivity contribution in [2.24, 2.45) is 16.3 Å². The maximum Gasteiger partial charge on any atom is 0.144 e. The van der Waals surface area contributed by atoms with Crippen LogP contribution in [-0.2, 0) is 6.54 Å². The Morgan fingerprint density at radius 2 is 2.00 bits per heavy atom. The Kier molecular flexibility index (Phi) is 6.99. The minimum absolute atomic E-state index is 0.254. The Morgan fingerprint density at radius 3 is 2.62 bits per heavy atom. The Hall–Kier alpha value is -1.26. The molecule has 0 bridgehead atoms. The van der Waals surface area contributed by atoms with E-state index in [4.69, 9.17) is 22.5 Å². The maximum atomic E-state index is 8.75. The molecule has 0 amide bonds. The number of halogens is 1. The Bertz CT molecular complexity index is 474. The van der Waals surface area contributed by atoms with Gasteiger partial charge < -0.3 is 15.8 Å². The number of amidine groups is 1. The van der Waals surface area contributed by atoms with E-state index in [2.05, 4.69) is 23.2 Å². The highest BCUT2D eigenvalue weighted by molar-refractivity contribution is 6.31. The van der Waals surface area contributed by atoms with Crippen LogP contribution < -0.4 is 5.73 Å². The number of oxime groups is 1. The lowest BCUT2D eigenvalue weighted by Gasteiger charge is -2.23. The predicted molar refractivity (Wildman–Crippen MR) is 88.8 cm³/mol. The summed E-state index contributed by atoms with van der Waals surface area (Å²) in [5.74, 6) is 0.298. The van der Waals surface area contributed by atoms with Crippen molar-refractivity contribution < 1.29 is 5.21 Å². The van der Waals surface area contributed by atoms with Crippen LogP contribution in [0.25, 0.3) is 0 Å². The molecule has 0 unspecified atom stereocenters. The van der Waals surface area contributed by atoms with Crippen LogP contribution in [0.1, 0.15) is 38.7 Å². The van der Waals surface area contributed by atoms with E-state index in [-0.39, 0.29) is 5.41 Å². The normalized spacial score (nSPS) is 12.9. The minimum Gasteiger partial charge on any atom is -0.409 e. The zero-order valence-electron chi connectivity index (χ0n) is 13.1. The van der Waals surface area contributed by atoms with Gasteiger partial charge in [0.1, 0.15) is 5.84 Å². The van der Waals surface area contributed by atoms with Gasteiger partial charge in [-0.25, -0.2) is 0 Å². The molecule has 5 heteroatoms. The van der Waals surface area contributed by atoms with E-state index in [9.17, 15) is 0 Å². The highest BCUT2D eigenvalue weighted by atomic mass is 35.5. The molecule has 0 aliphatic rings. The molecule has 4 nitrogen and oxygen atoms in total. The molecule has 0 atom stereocenters. The summed E-state index contributed by atoms with van der Waals surface area (Å²) in [4.78, 5) is 2.26. The van der Waals surface area contributed by atoms with E-state index >= 15 is 0 Å². The summed E-state index contributed by atoms with van der Waals surface area (Å²) in [6.07, 6.45) is 3.02. The lowest BCUT2D eigenvalue weighted by Crippen LogP contribution is -2.32. The van der Waals surface area contributed by atoms with Crippen molar-refractivity contribution in [3.05, 3.63) is 34.9 Å². The summed E-state index contributed by atoms with van der Waals surface area (Å²) in [6, 6.07) is 7.93. The molecule has 0 fully saturated rings. The van der Waals surface area contributed by atoms with E-state index in [0.29, 0.717) is 5.84 Å². The largest absolute Gasteiger partial charge is 0.409 e. The van der Waals surface area contributed by atoms with Crippen molar-refractivity contribution >= 4 is 17.4 Å². The summed E-state index contributed by atoms with van der Waals surface area (Å²) < 4.78 is 0. The standard InChI is InChI=1S/C16H26ClN3O/c1-16(2,15(18)19-21)10-6-7-11-20(3)12-13-8-4-5-9-14(13)17/h4-5,8-9,21H,6-7,10-12H2,1-3H3,(H2,18,19). The first kappa shape index (κ1) is 17.8. The topological polar surface area (TPSA) is 61.8 Å². The summed E-state index contributed by atoms with van der Waals surface area (Å²) in [5, 5.41) is 12.7. The lowest BCUT2D eigenvalue weighted by molar-refractivity contribution is 0.295. The molecule has 0 heterocycles. The molecule has 118 valence electrons. The van der Waals surface area contributed by atoms with Crippen LogP contribution in [0.3, 0.4) is 0 Å². The Labute approximate surface area is 132 Å². The maximum absolute atomic E-state index is 8.75. The fourth-order valence-corrected chi connectivity index (χ4v) is 2.40. The molecule has 1 aromatic rings. The summed E-state index contributed by atoms with van der Waals surface area (Å²) in [7, 11) is 2.10. The molecule has 1 aromatic carbocycles. The minimum atomic E-state index is -0.254. The molecule has 0 aromatic heterocycles. The third kappa shape index (κ3) is 5.94. The zero-order chi connectivity index (χ0) is 15.9. The quantitative estimate of drug-likeness (QED) is 0.253. The van der Waals surface area contributed by atoms with Gasteiger partial charge in [-0.3, -0.25) is 0 Å². The smallest absolute Gasteiger partial charge is 0.144 e. The molecule has 3 N–H and O–H groups in total. The SMILES string of the molecule is CN(CCCCC(C)(C)/C(N)=N/O)Cc1ccccc1Cl. The first-order chi connectivity index (χ1) is 9.86. The number of rotatable bonds is 8.